The summed E-state index contributed by atoms with van der Waals surface area (Å²) in [5.74, 6) is -0.597. The normalized spacial score (nSPS) is 10.4. The standard InChI is InChI=1S/C20H29NO4/c1-16(22)21-15-14-17-10-12-18(13-11-17)19(23)8-6-4-2-3-5-7-9-20(24)25/h10-13H,2-9,14-15H2,1H3,(H,21,22)(H,24,25). The van der Waals surface area contributed by atoms with E-state index in [0.717, 1.165) is 56.1 Å². The Kier molecular flexibility index (Phi) is 10.2. The molecule has 0 bridgehead atoms. The number of nitrogens with one attached hydrogen (secondary N) is 1. The highest BCUT2D eigenvalue weighted by molar-refractivity contribution is 5.96. The number of carbonyl (C=O) groups is 3. The van der Waals surface area contributed by atoms with Crippen LogP contribution in [0.5, 0.6) is 0 Å². The Hall–Kier alpha value is -2.17. The Morgan fingerprint density at radius 1 is 0.880 bits per heavy atom. The number of carboxylic acid groups (broad SMARTS) is 1. The quantitative estimate of drug-likeness (QED) is 0.420. The molecule has 0 heterocycles. The molecule has 25 heavy (non-hydrogen) atoms. The summed E-state index contributed by atoms with van der Waals surface area (Å²) in [5.41, 5.74) is 1.84. The number of ketones is 1. The molecule has 0 atom stereocenters. The van der Waals surface area contributed by atoms with E-state index in [4.69, 9.17) is 5.11 Å². The summed E-state index contributed by atoms with van der Waals surface area (Å²) in [4.78, 5) is 33.4. The Morgan fingerprint density at radius 2 is 1.44 bits per heavy atom. The van der Waals surface area contributed by atoms with E-state index in [1.54, 1.807) is 0 Å². The van der Waals surface area contributed by atoms with Gasteiger partial charge in [0.25, 0.3) is 0 Å². The van der Waals surface area contributed by atoms with E-state index in [-0.39, 0.29) is 18.1 Å². The average molecular weight is 347 g/mol. The van der Waals surface area contributed by atoms with Gasteiger partial charge >= 0.3 is 5.97 Å². The molecule has 1 rings (SSSR count). The second-order valence-electron chi connectivity index (χ2n) is 6.37. The Morgan fingerprint density at radius 3 is 2.00 bits per heavy atom. The Balaban J connectivity index is 2.15. The average Bonchev–Trinajstić information content (AvgIpc) is 2.57. The summed E-state index contributed by atoms with van der Waals surface area (Å²) in [6, 6.07) is 7.60. The molecule has 0 fully saturated rings. The number of benzene rings is 1. The number of rotatable bonds is 13. The predicted molar refractivity (Wildman–Crippen MR) is 97.7 cm³/mol. The fourth-order valence-electron chi connectivity index (χ4n) is 2.65. The van der Waals surface area contributed by atoms with Crippen LogP contribution in [0.15, 0.2) is 24.3 Å². The molecule has 0 aliphatic rings. The van der Waals surface area contributed by atoms with Crippen LogP contribution in [0.4, 0.5) is 0 Å². The lowest BCUT2D eigenvalue weighted by Crippen LogP contribution is -2.22. The third-order valence-corrected chi connectivity index (χ3v) is 4.11. The number of hydrogen-bond acceptors (Lipinski definition) is 3. The van der Waals surface area contributed by atoms with Gasteiger partial charge in [-0.25, -0.2) is 0 Å². The van der Waals surface area contributed by atoms with Crippen molar-refractivity contribution in [3.8, 4) is 0 Å². The molecule has 0 radical (unpaired) electrons. The van der Waals surface area contributed by atoms with Crippen molar-refractivity contribution in [3.63, 3.8) is 0 Å². The minimum Gasteiger partial charge on any atom is -0.481 e. The minimum atomic E-state index is -0.730. The molecular weight excluding hydrogens is 318 g/mol. The SMILES string of the molecule is CC(=O)NCCc1ccc(C(=O)CCCCCCCCC(=O)O)cc1. The minimum absolute atomic E-state index is 0.0336. The van der Waals surface area contributed by atoms with Crippen molar-refractivity contribution in [2.24, 2.45) is 0 Å². The molecule has 5 heteroatoms. The van der Waals surface area contributed by atoms with Crippen LogP contribution in [0.3, 0.4) is 0 Å². The first kappa shape index (κ1) is 20.9. The molecule has 0 aliphatic heterocycles. The number of hydrogen-bond donors (Lipinski definition) is 2. The van der Waals surface area contributed by atoms with Gasteiger partial charge in [0.2, 0.25) is 5.91 Å². The van der Waals surface area contributed by atoms with Gasteiger partial charge in [-0.15, -0.1) is 0 Å². The van der Waals surface area contributed by atoms with Gasteiger partial charge in [0.1, 0.15) is 0 Å². The summed E-state index contributed by atoms with van der Waals surface area (Å²) in [5, 5.41) is 11.3. The van der Waals surface area contributed by atoms with Crippen molar-refractivity contribution in [3.05, 3.63) is 35.4 Å². The summed E-state index contributed by atoms with van der Waals surface area (Å²) < 4.78 is 0. The van der Waals surface area contributed by atoms with Gasteiger partial charge in [0.15, 0.2) is 5.78 Å². The highest BCUT2D eigenvalue weighted by Gasteiger charge is 2.06. The molecule has 2 N–H and O–H groups in total. The lowest BCUT2D eigenvalue weighted by Gasteiger charge is -2.05. The van der Waals surface area contributed by atoms with E-state index < -0.39 is 5.97 Å². The number of Topliss-reactive ketones (excluding diaryl/α,β-unsaturated/α-hetero) is 1. The van der Waals surface area contributed by atoms with E-state index in [9.17, 15) is 14.4 Å². The van der Waals surface area contributed by atoms with E-state index in [1.807, 2.05) is 24.3 Å². The predicted octanol–water partition coefficient (Wildman–Crippen LogP) is 3.75. The van der Waals surface area contributed by atoms with Crippen LogP contribution in [0.1, 0.15) is 74.2 Å². The van der Waals surface area contributed by atoms with Crippen LogP contribution in [0.2, 0.25) is 0 Å². The van der Waals surface area contributed by atoms with E-state index in [2.05, 4.69) is 5.32 Å². The maximum absolute atomic E-state index is 12.1. The van der Waals surface area contributed by atoms with Gasteiger partial charge in [-0.3, -0.25) is 14.4 Å². The summed E-state index contributed by atoms with van der Waals surface area (Å²) in [7, 11) is 0. The highest BCUT2D eigenvalue weighted by Crippen LogP contribution is 2.12. The first-order valence-corrected chi connectivity index (χ1v) is 9.07. The van der Waals surface area contributed by atoms with Crippen LogP contribution in [-0.4, -0.2) is 29.3 Å². The second kappa shape index (κ2) is 12.2. The molecule has 138 valence electrons. The van der Waals surface area contributed by atoms with Crippen LogP contribution < -0.4 is 5.32 Å². The van der Waals surface area contributed by atoms with Crippen molar-refractivity contribution in [1.82, 2.24) is 5.32 Å². The third-order valence-electron chi connectivity index (χ3n) is 4.11. The summed E-state index contributed by atoms with van der Waals surface area (Å²) in [6.07, 6.45) is 7.22. The third kappa shape index (κ3) is 10.3. The maximum atomic E-state index is 12.1. The molecule has 0 unspecified atom stereocenters. The fraction of sp³-hybridized carbons (Fsp3) is 0.550. The van der Waals surface area contributed by atoms with Gasteiger partial charge in [-0.05, 0) is 24.8 Å². The summed E-state index contributed by atoms with van der Waals surface area (Å²) >= 11 is 0. The topological polar surface area (TPSA) is 83.5 Å². The van der Waals surface area contributed by atoms with Crippen molar-refractivity contribution in [2.75, 3.05) is 6.54 Å². The second-order valence-corrected chi connectivity index (χ2v) is 6.37. The molecule has 0 aromatic heterocycles. The lowest BCUT2D eigenvalue weighted by molar-refractivity contribution is -0.137. The number of aliphatic carboxylic acids is 1. The number of amides is 1. The van der Waals surface area contributed by atoms with Gasteiger partial charge < -0.3 is 10.4 Å². The first-order valence-electron chi connectivity index (χ1n) is 9.07. The molecule has 1 aromatic carbocycles. The highest BCUT2D eigenvalue weighted by atomic mass is 16.4. The number of carboxylic acids is 1. The van der Waals surface area contributed by atoms with Crippen molar-refractivity contribution in [2.45, 2.75) is 64.7 Å². The van der Waals surface area contributed by atoms with Crippen LogP contribution in [0, 0.1) is 0 Å². The van der Waals surface area contributed by atoms with E-state index >= 15 is 0 Å². The van der Waals surface area contributed by atoms with Crippen molar-refractivity contribution in [1.29, 1.82) is 0 Å². The van der Waals surface area contributed by atoms with Crippen molar-refractivity contribution < 1.29 is 19.5 Å². The monoisotopic (exact) mass is 347 g/mol. The van der Waals surface area contributed by atoms with Gasteiger partial charge in [0, 0.05) is 31.9 Å². The first-order chi connectivity index (χ1) is 12.0. The van der Waals surface area contributed by atoms with Gasteiger partial charge in [-0.1, -0.05) is 49.9 Å². The smallest absolute Gasteiger partial charge is 0.303 e. The molecule has 0 spiro atoms. The molecule has 0 aliphatic carbocycles. The van der Waals surface area contributed by atoms with Crippen molar-refractivity contribution >= 4 is 17.7 Å². The number of carbonyl (C=O) groups excluding carboxylic acids is 2. The zero-order chi connectivity index (χ0) is 18.5. The lowest BCUT2D eigenvalue weighted by atomic mass is 10.0. The molecule has 5 nitrogen and oxygen atoms in total. The van der Waals surface area contributed by atoms with Crippen LogP contribution in [0.25, 0.3) is 0 Å². The maximum Gasteiger partial charge on any atom is 0.303 e. The summed E-state index contributed by atoms with van der Waals surface area (Å²) in [6.45, 7) is 2.10. The van der Waals surface area contributed by atoms with Gasteiger partial charge in [-0.2, -0.15) is 0 Å². The zero-order valence-electron chi connectivity index (χ0n) is 15.1. The Labute approximate surface area is 149 Å². The zero-order valence-corrected chi connectivity index (χ0v) is 15.1. The number of unbranched alkanes of at least 4 members (excludes halogenated alkanes) is 5. The van der Waals surface area contributed by atoms with E-state index in [1.165, 1.54) is 6.92 Å². The Bertz CT molecular complexity index is 551. The van der Waals surface area contributed by atoms with Crippen LogP contribution in [-0.2, 0) is 16.0 Å². The fourth-order valence-corrected chi connectivity index (χ4v) is 2.65. The molecule has 1 amide bonds. The molecule has 0 saturated carbocycles. The largest absolute Gasteiger partial charge is 0.481 e. The molecule has 0 saturated heterocycles. The van der Waals surface area contributed by atoms with Gasteiger partial charge in [0.05, 0.1) is 0 Å². The molecular formula is C20H29NO4. The molecule has 1 aromatic rings. The van der Waals surface area contributed by atoms with Crippen LogP contribution >= 0.6 is 0 Å². The van der Waals surface area contributed by atoms with E-state index in [0.29, 0.717) is 13.0 Å².